The summed E-state index contributed by atoms with van der Waals surface area (Å²) in [5.74, 6) is 0.690. The fourth-order valence-corrected chi connectivity index (χ4v) is 1.39. The zero-order valence-corrected chi connectivity index (χ0v) is 7.94. The van der Waals surface area contributed by atoms with Crippen molar-refractivity contribution in [2.45, 2.75) is 13.0 Å². The van der Waals surface area contributed by atoms with Crippen LogP contribution in [-0.2, 0) is 0 Å². The van der Waals surface area contributed by atoms with Crippen LogP contribution in [0.4, 0.5) is 0 Å². The van der Waals surface area contributed by atoms with E-state index in [1.807, 2.05) is 31.2 Å². The molecule has 4 heteroatoms. The van der Waals surface area contributed by atoms with E-state index in [1.165, 1.54) is 11.9 Å². The second-order valence-electron chi connectivity index (χ2n) is 3.26. The first-order valence-electron chi connectivity index (χ1n) is 4.45. The van der Waals surface area contributed by atoms with Crippen LogP contribution in [0.25, 0.3) is 0 Å². The number of nitrogens with two attached hydrogens (primary N) is 1. The molecule has 14 heavy (non-hydrogen) atoms. The van der Waals surface area contributed by atoms with Gasteiger partial charge in [0.05, 0.1) is 6.04 Å². The van der Waals surface area contributed by atoms with E-state index in [0.29, 0.717) is 5.82 Å². The maximum atomic E-state index is 6.00. The van der Waals surface area contributed by atoms with Crippen LogP contribution >= 0.6 is 0 Å². The zero-order valence-electron chi connectivity index (χ0n) is 7.94. The Hall–Kier alpha value is -1.68. The molecule has 1 unspecified atom stereocenters. The Kier molecular flexibility index (Phi) is 2.28. The summed E-state index contributed by atoms with van der Waals surface area (Å²) in [6, 6.07) is 7.84. The van der Waals surface area contributed by atoms with Crippen LogP contribution in [0.1, 0.15) is 23.0 Å². The lowest BCUT2D eigenvalue weighted by Crippen LogP contribution is -2.13. The van der Waals surface area contributed by atoms with Crippen molar-refractivity contribution >= 4 is 0 Å². The highest BCUT2D eigenvalue weighted by Crippen LogP contribution is 2.16. The number of nitrogens with one attached hydrogen (secondary N) is 1. The number of nitrogens with zero attached hydrogens (tertiary/aromatic N) is 2. The number of aromatic amines is 1. The van der Waals surface area contributed by atoms with Crippen LogP contribution < -0.4 is 5.73 Å². The van der Waals surface area contributed by atoms with Gasteiger partial charge in [0, 0.05) is 0 Å². The molecule has 1 atom stereocenters. The van der Waals surface area contributed by atoms with Crippen LogP contribution in [0.15, 0.2) is 30.6 Å². The molecule has 2 aromatic rings. The predicted octanol–water partition coefficient (Wildman–Crippen LogP) is 1.16. The van der Waals surface area contributed by atoms with Crippen LogP contribution in [0.5, 0.6) is 0 Å². The Morgan fingerprint density at radius 1 is 1.43 bits per heavy atom. The minimum Gasteiger partial charge on any atom is -0.318 e. The first-order chi connectivity index (χ1) is 6.77. The summed E-state index contributed by atoms with van der Waals surface area (Å²) in [6.45, 7) is 2.04. The normalized spacial score (nSPS) is 12.7. The molecule has 0 aliphatic rings. The molecule has 0 amide bonds. The van der Waals surface area contributed by atoms with Crippen LogP contribution in [-0.4, -0.2) is 15.2 Å². The molecule has 4 nitrogen and oxygen atoms in total. The number of H-pyrrole nitrogens is 1. The van der Waals surface area contributed by atoms with Crippen molar-refractivity contribution in [1.29, 1.82) is 0 Å². The summed E-state index contributed by atoms with van der Waals surface area (Å²) in [5, 5.41) is 6.54. The smallest absolute Gasteiger partial charge is 0.145 e. The van der Waals surface area contributed by atoms with E-state index < -0.39 is 0 Å². The lowest BCUT2D eigenvalue weighted by Gasteiger charge is -2.08. The lowest BCUT2D eigenvalue weighted by atomic mass is 10.1. The Morgan fingerprint density at radius 2 is 2.29 bits per heavy atom. The average Bonchev–Trinajstić information content (AvgIpc) is 2.69. The summed E-state index contributed by atoms with van der Waals surface area (Å²) < 4.78 is 0. The van der Waals surface area contributed by atoms with Gasteiger partial charge in [0.25, 0.3) is 0 Å². The second-order valence-corrected chi connectivity index (χ2v) is 3.26. The molecule has 0 aliphatic heterocycles. The molecule has 1 heterocycles. The number of hydrogen-bond donors (Lipinski definition) is 2. The van der Waals surface area contributed by atoms with E-state index >= 15 is 0 Å². The fraction of sp³-hybridized carbons (Fsp3) is 0.200. The number of aromatic nitrogens is 3. The third-order valence-corrected chi connectivity index (χ3v) is 2.13. The highest BCUT2D eigenvalue weighted by molar-refractivity contribution is 5.28. The highest BCUT2D eigenvalue weighted by atomic mass is 15.2. The van der Waals surface area contributed by atoms with Gasteiger partial charge in [0.2, 0.25) is 0 Å². The van der Waals surface area contributed by atoms with Crippen LogP contribution in [0.3, 0.4) is 0 Å². The quantitative estimate of drug-likeness (QED) is 0.743. The van der Waals surface area contributed by atoms with Gasteiger partial charge in [-0.1, -0.05) is 29.8 Å². The predicted molar refractivity (Wildman–Crippen MR) is 53.6 cm³/mol. The van der Waals surface area contributed by atoms with Gasteiger partial charge in [-0.3, -0.25) is 5.10 Å². The van der Waals surface area contributed by atoms with Crippen LogP contribution in [0.2, 0.25) is 0 Å². The zero-order chi connectivity index (χ0) is 9.97. The molecule has 0 bridgehead atoms. The second kappa shape index (κ2) is 3.59. The monoisotopic (exact) mass is 188 g/mol. The third-order valence-electron chi connectivity index (χ3n) is 2.13. The molecule has 1 aromatic heterocycles. The van der Waals surface area contributed by atoms with Crippen molar-refractivity contribution in [3.8, 4) is 0 Å². The van der Waals surface area contributed by atoms with Crippen LogP contribution in [0, 0.1) is 6.92 Å². The van der Waals surface area contributed by atoms with Gasteiger partial charge >= 0.3 is 0 Å². The molecule has 0 aliphatic carbocycles. The van der Waals surface area contributed by atoms with Gasteiger partial charge < -0.3 is 5.73 Å². The maximum Gasteiger partial charge on any atom is 0.145 e. The van der Waals surface area contributed by atoms with Crippen molar-refractivity contribution in [1.82, 2.24) is 15.2 Å². The van der Waals surface area contributed by atoms with Crippen molar-refractivity contribution in [2.75, 3.05) is 0 Å². The molecular weight excluding hydrogens is 176 g/mol. The summed E-state index contributed by atoms with van der Waals surface area (Å²) >= 11 is 0. The highest BCUT2D eigenvalue weighted by Gasteiger charge is 2.10. The largest absolute Gasteiger partial charge is 0.318 e. The van der Waals surface area contributed by atoms with E-state index in [2.05, 4.69) is 15.2 Å². The molecular formula is C10H12N4. The molecule has 72 valence electrons. The number of rotatable bonds is 2. The molecule has 0 saturated heterocycles. The Bertz CT molecular complexity index is 408. The Labute approximate surface area is 82.2 Å². The van der Waals surface area contributed by atoms with Gasteiger partial charge in [-0.05, 0) is 12.5 Å². The van der Waals surface area contributed by atoms with Crippen molar-refractivity contribution in [2.24, 2.45) is 5.73 Å². The maximum absolute atomic E-state index is 6.00. The van der Waals surface area contributed by atoms with Crippen molar-refractivity contribution in [3.05, 3.63) is 47.5 Å². The summed E-state index contributed by atoms with van der Waals surface area (Å²) in [7, 11) is 0. The minimum atomic E-state index is -0.225. The van der Waals surface area contributed by atoms with Gasteiger partial charge in [0.15, 0.2) is 0 Å². The topological polar surface area (TPSA) is 67.6 Å². The number of aryl methyl sites for hydroxylation is 1. The van der Waals surface area contributed by atoms with Crippen molar-refractivity contribution in [3.63, 3.8) is 0 Å². The fourth-order valence-electron chi connectivity index (χ4n) is 1.39. The van der Waals surface area contributed by atoms with Crippen molar-refractivity contribution < 1.29 is 0 Å². The molecule has 0 fully saturated rings. The van der Waals surface area contributed by atoms with E-state index in [-0.39, 0.29) is 6.04 Å². The van der Waals surface area contributed by atoms with E-state index in [9.17, 15) is 0 Å². The van der Waals surface area contributed by atoms with Gasteiger partial charge in [0.1, 0.15) is 12.2 Å². The number of benzene rings is 1. The first-order valence-corrected chi connectivity index (χ1v) is 4.45. The summed E-state index contributed by atoms with van der Waals surface area (Å²) in [5.41, 5.74) is 8.23. The molecule has 1 aromatic carbocycles. The molecule has 3 N–H and O–H groups in total. The van der Waals surface area contributed by atoms with Gasteiger partial charge in [-0.2, -0.15) is 5.10 Å². The van der Waals surface area contributed by atoms with E-state index in [4.69, 9.17) is 5.73 Å². The SMILES string of the molecule is Cc1cccc(C(N)c2ncn[nH]2)c1. The van der Waals surface area contributed by atoms with Gasteiger partial charge in [-0.15, -0.1) is 0 Å². The lowest BCUT2D eigenvalue weighted by molar-refractivity contribution is 0.786. The summed E-state index contributed by atoms with van der Waals surface area (Å²) in [4.78, 5) is 4.03. The van der Waals surface area contributed by atoms with E-state index in [1.54, 1.807) is 0 Å². The Balaban J connectivity index is 2.32. The molecule has 0 spiro atoms. The van der Waals surface area contributed by atoms with Gasteiger partial charge in [-0.25, -0.2) is 4.98 Å². The molecule has 0 saturated carbocycles. The summed E-state index contributed by atoms with van der Waals surface area (Å²) in [6.07, 6.45) is 1.46. The molecule has 2 rings (SSSR count). The number of hydrogen-bond acceptors (Lipinski definition) is 3. The third kappa shape index (κ3) is 1.65. The molecule has 0 radical (unpaired) electrons. The Morgan fingerprint density at radius 3 is 2.93 bits per heavy atom. The minimum absolute atomic E-state index is 0.225. The standard InChI is InChI=1S/C10H12N4/c1-7-3-2-4-8(5-7)9(11)10-12-6-13-14-10/h2-6,9H,11H2,1H3,(H,12,13,14). The average molecular weight is 188 g/mol. The first kappa shape index (κ1) is 8.90. The van der Waals surface area contributed by atoms with E-state index in [0.717, 1.165) is 5.56 Å².